The molecular weight excluding hydrogens is 418 g/mol. The van der Waals surface area contributed by atoms with E-state index in [0.29, 0.717) is 22.2 Å². The third-order valence-electron chi connectivity index (χ3n) is 4.38. The van der Waals surface area contributed by atoms with Crippen LogP contribution in [0.15, 0.2) is 83.1 Å². The molecule has 0 fully saturated rings. The summed E-state index contributed by atoms with van der Waals surface area (Å²) < 4.78 is 29.5. The van der Waals surface area contributed by atoms with Gasteiger partial charge in [-0.3, -0.25) is 4.72 Å². The predicted octanol–water partition coefficient (Wildman–Crippen LogP) is 4.80. The molecule has 148 valence electrons. The highest BCUT2D eigenvalue weighted by atomic mass is 32.2. The first-order chi connectivity index (χ1) is 14.4. The molecule has 0 radical (unpaired) electrons. The molecule has 0 aliphatic carbocycles. The SMILES string of the molecule is O=C(O)c1ccc(C#Cc2ccccc2NS(=O)(=O)c2csc3ccccc23)cc1. The highest BCUT2D eigenvalue weighted by Gasteiger charge is 2.20. The predicted molar refractivity (Wildman–Crippen MR) is 118 cm³/mol. The van der Waals surface area contributed by atoms with Gasteiger partial charge in [0.2, 0.25) is 0 Å². The number of hydrogen-bond donors (Lipinski definition) is 2. The number of rotatable bonds is 4. The number of nitrogens with one attached hydrogen (secondary N) is 1. The molecule has 3 aromatic carbocycles. The van der Waals surface area contributed by atoms with Gasteiger partial charge in [0.25, 0.3) is 10.0 Å². The number of benzene rings is 3. The number of carbonyl (C=O) groups is 1. The smallest absolute Gasteiger partial charge is 0.335 e. The van der Waals surface area contributed by atoms with Crippen LogP contribution in [0.1, 0.15) is 21.5 Å². The maximum atomic E-state index is 13.0. The van der Waals surface area contributed by atoms with Gasteiger partial charge in [0.15, 0.2) is 0 Å². The monoisotopic (exact) mass is 433 g/mol. The van der Waals surface area contributed by atoms with Crippen molar-refractivity contribution in [3.8, 4) is 11.8 Å². The number of fused-ring (bicyclic) bond motifs is 1. The molecule has 0 saturated carbocycles. The molecule has 0 saturated heterocycles. The summed E-state index contributed by atoms with van der Waals surface area (Å²) in [6.07, 6.45) is 0. The zero-order valence-electron chi connectivity index (χ0n) is 15.5. The maximum Gasteiger partial charge on any atom is 0.335 e. The van der Waals surface area contributed by atoms with E-state index in [-0.39, 0.29) is 10.5 Å². The van der Waals surface area contributed by atoms with Crippen molar-refractivity contribution >= 4 is 43.1 Å². The molecule has 0 bridgehead atoms. The number of hydrogen-bond acceptors (Lipinski definition) is 4. The fourth-order valence-corrected chi connectivity index (χ4v) is 5.46. The minimum atomic E-state index is -3.79. The van der Waals surface area contributed by atoms with E-state index in [1.165, 1.54) is 23.5 Å². The summed E-state index contributed by atoms with van der Waals surface area (Å²) in [5, 5.41) is 11.3. The number of para-hydroxylation sites is 1. The van der Waals surface area contributed by atoms with Gasteiger partial charge in [-0.15, -0.1) is 11.3 Å². The minimum Gasteiger partial charge on any atom is -0.478 e. The highest BCUT2D eigenvalue weighted by Crippen LogP contribution is 2.31. The normalized spacial score (nSPS) is 10.9. The lowest BCUT2D eigenvalue weighted by atomic mass is 10.1. The van der Waals surface area contributed by atoms with E-state index in [1.807, 2.05) is 18.2 Å². The summed E-state index contributed by atoms with van der Waals surface area (Å²) in [5.74, 6) is 4.90. The first-order valence-electron chi connectivity index (χ1n) is 8.87. The molecule has 30 heavy (non-hydrogen) atoms. The molecule has 0 unspecified atom stereocenters. The van der Waals surface area contributed by atoms with Crippen LogP contribution in [0.2, 0.25) is 0 Å². The molecule has 0 aliphatic rings. The van der Waals surface area contributed by atoms with E-state index in [9.17, 15) is 13.2 Å². The molecule has 1 heterocycles. The van der Waals surface area contributed by atoms with Crippen molar-refractivity contribution in [2.24, 2.45) is 0 Å². The molecule has 1 aromatic heterocycles. The second kappa shape index (κ2) is 8.03. The summed E-state index contributed by atoms with van der Waals surface area (Å²) in [5.41, 5.74) is 1.70. The van der Waals surface area contributed by atoms with Crippen LogP contribution in [-0.2, 0) is 10.0 Å². The van der Waals surface area contributed by atoms with Crippen molar-refractivity contribution in [3.05, 3.63) is 94.9 Å². The van der Waals surface area contributed by atoms with Crippen LogP contribution in [0.4, 0.5) is 5.69 Å². The van der Waals surface area contributed by atoms with Crippen molar-refractivity contribution < 1.29 is 18.3 Å². The summed E-state index contributed by atoms with van der Waals surface area (Å²) in [6, 6.07) is 20.4. The van der Waals surface area contributed by atoms with Crippen LogP contribution in [-0.4, -0.2) is 19.5 Å². The van der Waals surface area contributed by atoms with Crippen LogP contribution >= 0.6 is 11.3 Å². The molecule has 0 atom stereocenters. The first kappa shape index (κ1) is 19.7. The number of anilines is 1. The number of carboxylic acid groups (broad SMARTS) is 1. The first-order valence-corrected chi connectivity index (χ1v) is 11.2. The van der Waals surface area contributed by atoms with Crippen LogP contribution in [0.25, 0.3) is 10.1 Å². The molecule has 7 heteroatoms. The van der Waals surface area contributed by atoms with Crippen LogP contribution < -0.4 is 4.72 Å². The Labute approximate surface area is 177 Å². The van der Waals surface area contributed by atoms with Crippen molar-refractivity contribution in [2.75, 3.05) is 4.72 Å². The topological polar surface area (TPSA) is 83.5 Å². The van der Waals surface area contributed by atoms with Gasteiger partial charge in [-0.1, -0.05) is 42.2 Å². The Kier molecular flexibility index (Phi) is 5.27. The second-order valence-electron chi connectivity index (χ2n) is 6.38. The van der Waals surface area contributed by atoms with Crippen LogP contribution in [0, 0.1) is 11.8 Å². The third kappa shape index (κ3) is 4.06. The largest absolute Gasteiger partial charge is 0.478 e. The average molecular weight is 434 g/mol. The fourth-order valence-electron chi connectivity index (χ4n) is 2.88. The van der Waals surface area contributed by atoms with E-state index < -0.39 is 16.0 Å². The molecule has 0 spiro atoms. The van der Waals surface area contributed by atoms with Gasteiger partial charge in [-0.25, -0.2) is 13.2 Å². The van der Waals surface area contributed by atoms with Gasteiger partial charge in [-0.05, 0) is 42.5 Å². The quantitative estimate of drug-likeness (QED) is 0.453. The van der Waals surface area contributed by atoms with Gasteiger partial charge < -0.3 is 5.11 Å². The molecule has 4 aromatic rings. The van der Waals surface area contributed by atoms with Crippen molar-refractivity contribution in [3.63, 3.8) is 0 Å². The van der Waals surface area contributed by atoms with Gasteiger partial charge in [0, 0.05) is 26.6 Å². The number of carboxylic acids is 1. The van der Waals surface area contributed by atoms with Crippen molar-refractivity contribution in [1.29, 1.82) is 0 Å². The molecule has 0 aliphatic heterocycles. The lowest BCUT2D eigenvalue weighted by molar-refractivity contribution is 0.0697. The lowest BCUT2D eigenvalue weighted by Gasteiger charge is -2.09. The van der Waals surface area contributed by atoms with E-state index in [4.69, 9.17) is 5.11 Å². The summed E-state index contributed by atoms with van der Waals surface area (Å²) >= 11 is 1.38. The lowest BCUT2D eigenvalue weighted by Crippen LogP contribution is -2.13. The summed E-state index contributed by atoms with van der Waals surface area (Å²) in [6.45, 7) is 0. The van der Waals surface area contributed by atoms with Crippen molar-refractivity contribution in [2.45, 2.75) is 4.90 Å². The molecular formula is C23H15NO4S2. The van der Waals surface area contributed by atoms with E-state index in [2.05, 4.69) is 16.6 Å². The van der Waals surface area contributed by atoms with Gasteiger partial charge in [0.1, 0.15) is 4.90 Å². The van der Waals surface area contributed by atoms with Crippen LogP contribution in [0.3, 0.4) is 0 Å². The summed E-state index contributed by atoms with van der Waals surface area (Å²) in [7, 11) is -3.79. The second-order valence-corrected chi connectivity index (χ2v) is 8.94. The third-order valence-corrected chi connectivity index (χ3v) is 6.90. The average Bonchev–Trinajstić information content (AvgIpc) is 3.18. The maximum absolute atomic E-state index is 13.0. The Morgan fingerprint density at radius 1 is 0.900 bits per heavy atom. The number of thiophene rings is 1. The fraction of sp³-hybridized carbons (Fsp3) is 0. The van der Waals surface area contributed by atoms with Crippen LogP contribution in [0.5, 0.6) is 0 Å². The summed E-state index contributed by atoms with van der Waals surface area (Å²) in [4.78, 5) is 11.2. The Morgan fingerprint density at radius 2 is 1.60 bits per heavy atom. The van der Waals surface area contributed by atoms with Gasteiger partial charge >= 0.3 is 5.97 Å². The van der Waals surface area contributed by atoms with E-state index in [0.717, 1.165) is 4.70 Å². The number of sulfonamides is 1. The Balaban J connectivity index is 1.65. The molecule has 5 nitrogen and oxygen atoms in total. The van der Waals surface area contributed by atoms with E-state index >= 15 is 0 Å². The Bertz CT molecular complexity index is 1410. The molecule has 0 amide bonds. The van der Waals surface area contributed by atoms with Gasteiger partial charge in [-0.2, -0.15) is 0 Å². The zero-order chi connectivity index (χ0) is 21.1. The minimum absolute atomic E-state index is 0.177. The molecule has 4 rings (SSSR count). The van der Waals surface area contributed by atoms with E-state index in [1.54, 1.807) is 47.8 Å². The Hall–Kier alpha value is -3.60. The zero-order valence-corrected chi connectivity index (χ0v) is 17.1. The molecule has 2 N–H and O–H groups in total. The standard InChI is InChI=1S/C23H15NO4S2/c25-23(26)18-13-10-16(11-14-18)9-12-17-5-1-3-7-20(17)24-30(27,28)22-15-29-21-8-4-2-6-19(21)22/h1-8,10-11,13-15,24H,(H,25,26). The highest BCUT2D eigenvalue weighted by molar-refractivity contribution is 7.93. The van der Waals surface area contributed by atoms with Gasteiger partial charge in [0.05, 0.1) is 11.3 Å². The van der Waals surface area contributed by atoms with Crippen molar-refractivity contribution in [1.82, 2.24) is 0 Å². The Morgan fingerprint density at radius 3 is 2.37 bits per heavy atom. The number of aromatic carboxylic acids is 1.